The summed E-state index contributed by atoms with van der Waals surface area (Å²) in [6, 6.07) is 4.67. The van der Waals surface area contributed by atoms with Crippen molar-refractivity contribution in [1.29, 1.82) is 0 Å². The van der Waals surface area contributed by atoms with Gasteiger partial charge in [-0.05, 0) is 48.1 Å². The second kappa shape index (κ2) is 9.33. The van der Waals surface area contributed by atoms with Gasteiger partial charge in [0.25, 0.3) is 0 Å². The molecule has 0 spiro atoms. The normalized spacial score (nSPS) is 12.5. The van der Waals surface area contributed by atoms with Crippen LogP contribution in [0.3, 0.4) is 0 Å². The summed E-state index contributed by atoms with van der Waals surface area (Å²) in [4.78, 5) is 11.6. The van der Waals surface area contributed by atoms with Crippen LogP contribution < -0.4 is 9.46 Å². The van der Waals surface area contributed by atoms with Crippen molar-refractivity contribution < 1.29 is 13.9 Å². The topological polar surface area (TPSA) is 38.3 Å². The number of rotatable bonds is 9. The van der Waals surface area contributed by atoms with Gasteiger partial charge in [-0.25, -0.2) is 4.39 Å². The van der Waals surface area contributed by atoms with Gasteiger partial charge in [-0.3, -0.25) is 9.52 Å². The van der Waals surface area contributed by atoms with Crippen molar-refractivity contribution in [2.75, 3.05) is 6.54 Å². The summed E-state index contributed by atoms with van der Waals surface area (Å²) in [7, 11) is 1.23. The number of hydrogen-bond donors (Lipinski definition) is 2. The molecule has 0 heterocycles. The molecule has 1 atom stereocenters. The first-order valence-electron chi connectivity index (χ1n) is 6.95. The van der Waals surface area contributed by atoms with Crippen LogP contribution in [0.4, 0.5) is 4.39 Å². The first-order valence-corrected chi connectivity index (χ1v) is 8.82. The summed E-state index contributed by atoms with van der Waals surface area (Å²) in [6.07, 6.45) is 0.699. The van der Waals surface area contributed by atoms with Crippen molar-refractivity contribution in [3.8, 4) is 5.75 Å². The lowest BCUT2D eigenvalue weighted by Gasteiger charge is -2.15. The van der Waals surface area contributed by atoms with Gasteiger partial charge < -0.3 is 4.74 Å². The minimum atomic E-state index is -0.296. The number of Topliss-reactive ketones (excluding diaryl/α,β-unsaturated/α-hetero) is 1. The number of thiol groups is 1. The average Bonchev–Trinajstić information content (AvgIpc) is 2.45. The number of ketones is 1. The smallest absolute Gasteiger partial charge is 0.135 e. The highest BCUT2D eigenvalue weighted by molar-refractivity contribution is 8.67. The van der Waals surface area contributed by atoms with Gasteiger partial charge >= 0.3 is 0 Å². The van der Waals surface area contributed by atoms with E-state index >= 15 is 0 Å². The van der Waals surface area contributed by atoms with Crippen LogP contribution in [-0.2, 0) is 11.2 Å². The molecule has 0 radical (unpaired) electrons. The van der Waals surface area contributed by atoms with E-state index in [-0.39, 0.29) is 23.6 Å². The number of carbonyl (C=O) groups excluding carboxylic acids is 1. The molecule has 6 heteroatoms. The number of aryl methyl sites for hydroxylation is 1. The Bertz CT molecular complexity index is 469. The summed E-state index contributed by atoms with van der Waals surface area (Å²) in [5.41, 5.74) is 0.519. The van der Waals surface area contributed by atoms with Gasteiger partial charge in [-0.2, -0.15) is 0 Å². The third kappa shape index (κ3) is 6.72. The van der Waals surface area contributed by atoms with Gasteiger partial charge in [0.15, 0.2) is 0 Å². The monoisotopic (exact) mass is 331 g/mol. The molecule has 0 saturated carbocycles. The summed E-state index contributed by atoms with van der Waals surface area (Å²) >= 11 is 3.98. The van der Waals surface area contributed by atoms with E-state index in [2.05, 4.69) is 16.4 Å². The molecule has 0 aliphatic heterocycles. The maximum absolute atomic E-state index is 13.8. The third-order valence-electron chi connectivity index (χ3n) is 3.07. The fourth-order valence-corrected chi connectivity index (χ4v) is 2.32. The summed E-state index contributed by atoms with van der Waals surface area (Å²) < 4.78 is 22.5. The molecule has 0 amide bonds. The van der Waals surface area contributed by atoms with Crippen LogP contribution in [0.5, 0.6) is 5.75 Å². The predicted molar refractivity (Wildman–Crippen MR) is 89.2 cm³/mol. The molecule has 1 aromatic carbocycles. The lowest BCUT2D eigenvalue weighted by atomic mass is 10.0. The second-order valence-corrected chi connectivity index (χ2v) is 6.26. The molecule has 118 valence electrons. The zero-order valence-corrected chi connectivity index (χ0v) is 14.3. The van der Waals surface area contributed by atoms with E-state index in [4.69, 9.17) is 4.74 Å². The Morgan fingerprint density at radius 3 is 2.76 bits per heavy atom. The number of nitrogens with one attached hydrogen (secondary N) is 1. The van der Waals surface area contributed by atoms with Gasteiger partial charge in [0, 0.05) is 18.9 Å². The Morgan fingerprint density at radius 2 is 2.14 bits per heavy atom. The first-order chi connectivity index (χ1) is 9.93. The molecule has 1 rings (SSSR count). The Kier molecular flexibility index (Phi) is 8.14. The van der Waals surface area contributed by atoms with Gasteiger partial charge in [0.05, 0.1) is 0 Å². The molecule has 1 aromatic rings. The van der Waals surface area contributed by atoms with E-state index < -0.39 is 0 Å². The molecule has 0 aromatic heterocycles. The largest absolute Gasteiger partial charge is 0.489 e. The van der Waals surface area contributed by atoms with Crippen molar-refractivity contribution >= 4 is 28.4 Å². The Labute approximate surface area is 135 Å². The molecule has 0 saturated heterocycles. The van der Waals surface area contributed by atoms with Gasteiger partial charge in [-0.1, -0.05) is 25.5 Å². The zero-order chi connectivity index (χ0) is 15.8. The van der Waals surface area contributed by atoms with Crippen LogP contribution in [0.15, 0.2) is 18.2 Å². The molecule has 0 fully saturated rings. The maximum Gasteiger partial charge on any atom is 0.135 e. The number of benzene rings is 1. The molecular formula is C15H22FNO2S2. The fourth-order valence-electron chi connectivity index (χ4n) is 1.79. The van der Waals surface area contributed by atoms with Crippen LogP contribution in [0.2, 0.25) is 0 Å². The highest BCUT2D eigenvalue weighted by atomic mass is 33.1. The van der Waals surface area contributed by atoms with Crippen molar-refractivity contribution in [3.05, 3.63) is 29.6 Å². The van der Waals surface area contributed by atoms with Crippen LogP contribution >= 0.6 is 22.6 Å². The predicted octanol–water partition coefficient (Wildman–Crippen LogP) is 3.83. The molecule has 0 aliphatic carbocycles. The molecule has 0 bridgehead atoms. The third-order valence-corrected chi connectivity index (χ3v) is 3.76. The number of halogens is 1. The van der Waals surface area contributed by atoms with Crippen molar-refractivity contribution in [3.63, 3.8) is 0 Å². The molecule has 1 unspecified atom stereocenters. The number of carbonyl (C=O) groups is 1. The highest BCUT2D eigenvalue weighted by Gasteiger charge is 2.11. The fraction of sp³-hybridized carbons (Fsp3) is 0.533. The Hall–Kier alpha value is -0.720. The second-order valence-electron chi connectivity index (χ2n) is 5.24. The summed E-state index contributed by atoms with van der Waals surface area (Å²) in [5, 5.41) is 0. The Morgan fingerprint density at radius 1 is 1.43 bits per heavy atom. The minimum Gasteiger partial charge on any atom is -0.489 e. The maximum atomic E-state index is 13.8. The summed E-state index contributed by atoms with van der Waals surface area (Å²) in [5.74, 6) is 0.443. The van der Waals surface area contributed by atoms with Crippen LogP contribution in [-0.4, -0.2) is 18.4 Å². The standard InChI is InChI=1S/C15H22FNO2S2/c1-10(2)15(18)7-4-12-8-13(5-6-14(12)16)19-11(3)9-17-21-20/h5-6,8,10-11,17,20H,4,7,9H2,1-3H3. The molecule has 3 nitrogen and oxygen atoms in total. The molecule has 0 aliphatic rings. The number of ether oxygens (including phenoxy) is 1. The van der Waals surface area contributed by atoms with E-state index in [1.807, 2.05) is 20.8 Å². The lowest BCUT2D eigenvalue weighted by Crippen LogP contribution is -2.24. The van der Waals surface area contributed by atoms with Gasteiger partial charge in [-0.15, -0.1) is 0 Å². The minimum absolute atomic E-state index is 0.0164. The van der Waals surface area contributed by atoms with Gasteiger partial charge in [0.2, 0.25) is 0 Å². The lowest BCUT2D eigenvalue weighted by molar-refractivity contribution is -0.121. The zero-order valence-electron chi connectivity index (χ0n) is 12.6. The van der Waals surface area contributed by atoms with Crippen LogP contribution in [0.1, 0.15) is 32.8 Å². The van der Waals surface area contributed by atoms with E-state index in [9.17, 15) is 9.18 Å². The molecule has 1 N–H and O–H groups in total. The quantitative estimate of drug-likeness (QED) is 0.410. The van der Waals surface area contributed by atoms with Crippen LogP contribution in [0, 0.1) is 11.7 Å². The first kappa shape index (κ1) is 18.3. The molecular weight excluding hydrogens is 309 g/mol. The highest BCUT2D eigenvalue weighted by Crippen LogP contribution is 2.20. The van der Waals surface area contributed by atoms with Crippen molar-refractivity contribution in [2.45, 2.75) is 39.7 Å². The van der Waals surface area contributed by atoms with E-state index in [1.54, 1.807) is 12.1 Å². The summed E-state index contributed by atoms with van der Waals surface area (Å²) in [6.45, 7) is 6.26. The number of hydrogen-bond acceptors (Lipinski definition) is 5. The van der Waals surface area contributed by atoms with Gasteiger partial charge in [0.1, 0.15) is 23.5 Å². The van der Waals surface area contributed by atoms with E-state index in [0.29, 0.717) is 30.7 Å². The average molecular weight is 331 g/mol. The van der Waals surface area contributed by atoms with Crippen molar-refractivity contribution in [2.24, 2.45) is 5.92 Å². The molecule has 21 heavy (non-hydrogen) atoms. The SMILES string of the molecule is CC(CNSS)Oc1ccc(F)c(CCC(=O)C(C)C)c1. The van der Waals surface area contributed by atoms with E-state index in [0.717, 1.165) is 0 Å². The Balaban J connectivity index is 2.64. The van der Waals surface area contributed by atoms with Crippen molar-refractivity contribution in [1.82, 2.24) is 4.72 Å². The van der Waals surface area contributed by atoms with E-state index in [1.165, 1.54) is 17.0 Å². The van der Waals surface area contributed by atoms with Crippen LogP contribution in [0.25, 0.3) is 0 Å².